The Hall–Kier alpha value is -1.82. The number of morpholine rings is 1. The molecule has 3 rings (SSSR count). The molecule has 0 aromatic carbocycles. The van der Waals surface area contributed by atoms with E-state index < -0.39 is 0 Å². The fraction of sp³-hybridized carbons (Fsp3) is 0.538. The summed E-state index contributed by atoms with van der Waals surface area (Å²) >= 11 is 0. The van der Waals surface area contributed by atoms with Gasteiger partial charge in [-0.25, -0.2) is 4.79 Å². The zero-order chi connectivity index (χ0) is 13.2. The first kappa shape index (κ1) is 12.2. The molecule has 1 fully saturated rings. The summed E-state index contributed by atoms with van der Waals surface area (Å²) in [6, 6.07) is 3.40. The molecular formula is C13H17N3O3. The van der Waals surface area contributed by atoms with Gasteiger partial charge in [0.1, 0.15) is 0 Å². The third-order valence-corrected chi connectivity index (χ3v) is 3.64. The topological polar surface area (TPSA) is 65.6 Å². The molecule has 0 saturated carbocycles. The number of hydrogen-bond acceptors (Lipinski definition) is 3. The molecule has 0 bridgehead atoms. The van der Waals surface area contributed by atoms with Crippen molar-refractivity contribution in [3.05, 3.63) is 33.7 Å². The monoisotopic (exact) mass is 263 g/mol. The Labute approximate surface area is 111 Å². The van der Waals surface area contributed by atoms with Crippen molar-refractivity contribution in [3.8, 4) is 0 Å². The smallest absolute Gasteiger partial charge is 0.320 e. The fourth-order valence-corrected chi connectivity index (χ4v) is 2.57. The number of nitrogens with one attached hydrogen (secondary N) is 1. The Balaban J connectivity index is 1.72. The van der Waals surface area contributed by atoms with Gasteiger partial charge in [-0.05, 0) is 5.56 Å². The average molecular weight is 263 g/mol. The predicted octanol–water partition coefficient (Wildman–Crippen LogP) is 0.185. The number of hydrogen-bond donors (Lipinski definition) is 1. The minimum Gasteiger partial charge on any atom is -0.378 e. The first-order valence-corrected chi connectivity index (χ1v) is 6.57. The van der Waals surface area contributed by atoms with Gasteiger partial charge < -0.3 is 19.5 Å². The van der Waals surface area contributed by atoms with Crippen molar-refractivity contribution in [2.24, 2.45) is 0 Å². The van der Waals surface area contributed by atoms with Gasteiger partial charge >= 0.3 is 6.03 Å². The van der Waals surface area contributed by atoms with E-state index in [-0.39, 0.29) is 11.6 Å². The lowest BCUT2D eigenvalue weighted by Gasteiger charge is -2.35. The summed E-state index contributed by atoms with van der Waals surface area (Å²) in [6.07, 6.45) is 0.710. The summed E-state index contributed by atoms with van der Waals surface area (Å²) in [5.41, 5.74) is 1.91. The van der Waals surface area contributed by atoms with Crippen molar-refractivity contribution >= 4 is 6.03 Å². The van der Waals surface area contributed by atoms with Crippen molar-refractivity contribution in [1.82, 2.24) is 14.8 Å². The Kier molecular flexibility index (Phi) is 3.25. The summed E-state index contributed by atoms with van der Waals surface area (Å²) in [5, 5.41) is 0. The number of fused-ring (bicyclic) bond motifs is 1. The Morgan fingerprint density at radius 3 is 2.74 bits per heavy atom. The van der Waals surface area contributed by atoms with Gasteiger partial charge in [-0.2, -0.15) is 0 Å². The van der Waals surface area contributed by atoms with Gasteiger partial charge in [-0.15, -0.1) is 0 Å². The predicted molar refractivity (Wildman–Crippen MR) is 69.0 cm³/mol. The highest BCUT2D eigenvalue weighted by atomic mass is 16.5. The Bertz CT molecular complexity index is 534. The second-order valence-corrected chi connectivity index (χ2v) is 4.88. The van der Waals surface area contributed by atoms with Crippen LogP contribution in [0.25, 0.3) is 0 Å². The van der Waals surface area contributed by atoms with E-state index in [2.05, 4.69) is 4.98 Å². The van der Waals surface area contributed by atoms with Crippen LogP contribution in [0.15, 0.2) is 16.9 Å². The lowest BCUT2D eigenvalue weighted by Crippen LogP contribution is -2.49. The van der Waals surface area contributed by atoms with Crippen molar-refractivity contribution < 1.29 is 9.53 Å². The molecule has 2 aliphatic heterocycles. The number of H-pyrrole nitrogens is 1. The van der Waals surface area contributed by atoms with Gasteiger partial charge in [0.25, 0.3) is 0 Å². The molecule has 1 aromatic heterocycles. The quantitative estimate of drug-likeness (QED) is 0.726. The second-order valence-electron chi connectivity index (χ2n) is 4.88. The lowest BCUT2D eigenvalue weighted by atomic mass is 10.1. The summed E-state index contributed by atoms with van der Waals surface area (Å²) in [4.78, 5) is 30.1. The van der Waals surface area contributed by atoms with E-state index in [4.69, 9.17) is 4.74 Å². The molecule has 0 unspecified atom stereocenters. The molecule has 6 heteroatoms. The van der Waals surface area contributed by atoms with Crippen LogP contribution in [0.3, 0.4) is 0 Å². The summed E-state index contributed by atoms with van der Waals surface area (Å²) in [7, 11) is 0. The molecule has 1 N–H and O–H groups in total. The molecule has 19 heavy (non-hydrogen) atoms. The van der Waals surface area contributed by atoms with Gasteiger partial charge in [-0.3, -0.25) is 4.79 Å². The van der Waals surface area contributed by atoms with E-state index in [1.54, 1.807) is 0 Å². The maximum Gasteiger partial charge on any atom is 0.320 e. The first-order chi connectivity index (χ1) is 9.24. The van der Waals surface area contributed by atoms with E-state index in [0.29, 0.717) is 45.8 Å². The summed E-state index contributed by atoms with van der Waals surface area (Å²) in [5.74, 6) is 0. The normalized spacial score (nSPS) is 19.2. The molecule has 1 aromatic rings. The molecule has 2 amide bonds. The third kappa shape index (κ3) is 2.49. The van der Waals surface area contributed by atoms with Gasteiger partial charge in [0, 0.05) is 44.4 Å². The fourth-order valence-electron chi connectivity index (χ4n) is 2.57. The van der Waals surface area contributed by atoms with Crippen LogP contribution >= 0.6 is 0 Å². The molecule has 0 spiro atoms. The lowest BCUT2D eigenvalue weighted by molar-refractivity contribution is 0.0421. The number of urea groups is 1. The van der Waals surface area contributed by atoms with Gasteiger partial charge in [0.15, 0.2) is 0 Å². The van der Waals surface area contributed by atoms with Crippen molar-refractivity contribution in [2.45, 2.75) is 13.0 Å². The molecule has 102 valence electrons. The van der Waals surface area contributed by atoms with Crippen LogP contribution in [-0.2, 0) is 17.7 Å². The SMILES string of the molecule is O=C(N1CCOCC1)N1CCc2[nH]c(=O)ccc2C1. The summed E-state index contributed by atoms with van der Waals surface area (Å²) < 4.78 is 5.25. The van der Waals surface area contributed by atoms with Gasteiger partial charge in [0.2, 0.25) is 5.56 Å². The number of amides is 2. The van der Waals surface area contributed by atoms with E-state index in [0.717, 1.165) is 11.3 Å². The number of nitrogens with zero attached hydrogens (tertiary/aromatic N) is 2. The van der Waals surface area contributed by atoms with E-state index >= 15 is 0 Å². The average Bonchev–Trinajstić information content (AvgIpc) is 2.47. The van der Waals surface area contributed by atoms with Crippen molar-refractivity contribution in [2.75, 3.05) is 32.8 Å². The molecule has 0 aliphatic carbocycles. The number of rotatable bonds is 0. The number of carbonyl (C=O) groups excluding carboxylic acids is 1. The van der Waals surface area contributed by atoms with E-state index in [9.17, 15) is 9.59 Å². The number of pyridine rings is 1. The Morgan fingerprint density at radius 1 is 1.16 bits per heavy atom. The second kappa shape index (κ2) is 5.05. The minimum absolute atomic E-state index is 0.0696. The molecule has 2 aliphatic rings. The zero-order valence-electron chi connectivity index (χ0n) is 10.7. The number of carbonyl (C=O) groups is 1. The van der Waals surface area contributed by atoms with Crippen LogP contribution in [0.1, 0.15) is 11.3 Å². The third-order valence-electron chi connectivity index (χ3n) is 3.64. The van der Waals surface area contributed by atoms with E-state index in [1.807, 2.05) is 15.9 Å². The standard InChI is InChI=1S/C13H17N3O3/c17-12-2-1-10-9-16(4-3-11(10)14-12)13(18)15-5-7-19-8-6-15/h1-2H,3-9H2,(H,14,17). The first-order valence-electron chi connectivity index (χ1n) is 6.57. The molecular weight excluding hydrogens is 246 g/mol. The van der Waals surface area contributed by atoms with Crippen molar-refractivity contribution in [1.29, 1.82) is 0 Å². The highest BCUT2D eigenvalue weighted by molar-refractivity contribution is 5.74. The van der Waals surface area contributed by atoms with Gasteiger partial charge in [0.05, 0.1) is 13.2 Å². The molecule has 1 saturated heterocycles. The minimum atomic E-state index is -0.0771. The molecule has 0 radical (unpaired) electrons. The highest BCUT2D eigenvalue weighted by Crippen LogP contribution is 2.17. The molecule has 0 atom stereocenters. The largest absolute Gasteiger partial charge is 0.378 e. The maximum absolute atomic E-state index is 12.4. The highest BCUT2D eigenvalue weighted by Gasteiger charge is 2.26. The van der Waals surface area contributed by atoms with Crippen LogP contribution in [0, 0.1) is 0 Å². The van der Waals surface area contributed by atoms with E-state index in [1.165, 1.54) is 6.07 Å². The number of aromatic nitrogens is 1. The molecule has 6 nitrogen and oxygen atoms in total. The maximum atomic E-state index is 12.4. The summed E-state index contributed by atoms with van der Waals surface area (Å²) in [6.45, 7) is 3.78. The van der Waals surface area contributed by atoms with Crippen LogP contribution in [-0.4, -0.2) is 53.7 Å². The number of ether oxygens (including phenoxy) is 1. The Morgan fingerprint density at radius 2 is 1.95 bits per heavy atom. The van der Waals surface area contributed by atoms with Crippen LogP contribution in [0.4, 0.5) is 4.79 Å². The van der Waals surface area contributed by atoms with Crippen molar-refractivity contribution in [3.63, 3.8) is 0 Å². The van der Waals surface area contributed by atoms with Crippen LogP contribution in [0.5, 0.6) is 0 Å². The zero-order valence-corrected chi connectivity index (χ0v) is 10.7. The molecule has 3 heterocycles. The van der Waals surface area contributed by atoms with Gasteiger partial charge in [-0.1, -0.05) is 6.07 Å². The van der Waals surface area contributed by atoms with Crippen LogP contribution in [0.2, 0.25) is 0 Å². The van der Waals surface area contributed by atoms with Crippen LogP contribution < -0.4 is 5.56 Å². The number of aromatic amines is 1.